The third kappa shape index (κ3) is 3.97. The minimum Gasteiger partial charge on any atom is -0.497 e. The van der Waals surface area contributed by atoms with Crippen LogP contribution in [0.15, 0.2) is 24.0 Å². The summed E-state index contributed by atoms with van der Waals surface area (Å²) in [4.78, 5) is 29.1. The van der Waals surface area contributed by atoms with Gasteiger partial charge in [-0.1, -0.05) is 0 Å². The van der Waals surface area contributed by atoms with Crippen LogP contribution in [0.5, 0.6) is 11.5 Å². The quantitative estimate of drug-likeness (QED) is 0.532. The van der Waals surface area contributed by atoms with E-state index in [0.717, 1.165) is 56.5 Å². The van der Waals surface area contributed by atoms with Crippen molar-refractivity contribution in [3.63, 3.8) is 0 Å². The molecule has 1 aromatic rings. The van der Waals surface area contributed by atoms with Crippen LogP contribution < -0.4 is 9.47 Å². The summed E-state index contributed by atoms with van der Waals surface area (Å²) < 4.78 is 35.1. The highest BCUT2D eigenvalue weighted by Crippen LogP contribution is 2.56. The molecule has 38 heavy (non-hydrogen) atoms. The molecule has 1 aromatic carbocycles. The van der Waals surface area contributed by atoms with Gasteiger partial charge in [0, 0.05) is 6.54 Å². The van der Waals surface area contributed by atoms with E-state index in [2.05, 4.69) is 23.1 Å². The summed E-state index contributed by atoms with van der Waals surface area (Å²) in [6.45, 7) is 5.94. The predicted molar refractivity (Wildman–Crippen MR) is 136 cm³/mol. The minimum absolute atomic E-state index is 0.192. The molecular weight excluding hydrogens is 490 g/mol. The zero-order chi connectivity index (χ0) is 26.7. The van der Waals surface area contributed by atoms with Gasteiger partial charge in [0.15, 0.2) is 23.2 Å². The number of rotatable bonds is 5. The molecule has 0 aromatic heterocycles. The zero-order valence-corrected chi connectivity index (χ0v) is 22.7. The Morgan fingerprint density at radius 1 is 1.05 bits per heavy atom. The van der Waals surface area contributed by atoms with Crippen molar-refractivity contribution < 1.29 is 38.0 Å². The van der Waals surface area contributed by atoms with E-state index in [0.29, 0.717) is 17.9 Å². The number of hydrogen-bond donors (Lipinski definition) is 0. The summed E-state index contributed by atoms with van der Waals surface area (Å²) in [5, 5.41) is 0. The Labute approximate surface area is 223 Å². The molecule has 9 nitrogen and oxygen atoms in total. The maximum absolute atomic E-state index is 14.1. The van der Waals surface area contributed by atoms with E-state index in [1.165, 1.54) is 12.7 Å². The molecule has 5 aliphatic rings. The van der Waals surface area contributed by atoms with Gasteiger partial charge in [0.2, 0.25) is 6.79 Å². The van der Waals surface area contributed by atoms with E-state index in [9.17, 15) is 9.59 Å². The van der Waals surface area contributed by atoms with Crippen molar-refractivity contribution >= 4 is 11.9 Å². The van der Waals surface area contributed by atoms with E-state index in [1.807, 2.05) is 13.8 Å². The molecule has 0 saturated carbocycles. The summed E-state index contributed by atoms with van der Waals surface area (Å²) in [6.07, 6.45) is 6.07. The SMILES string of the molecule is COC(=O)C[C@]1(C(=O)OC2C(OC)=C[C@]34CCCN3CCc3cc5c(cc3[C@H]24)OCO5)CCCC(C)(C)O1. The van der Waals surface area contributed by atoms with Gasteiger partial charge in [-0.15, -0.1) is 0 Å². The fourth-order valence-corrected chi connectivity index (χ4v) is 7.39. The first-order valence-electron chi connectivity index (χ1n) is 13.6. The molecule has 0 radical (unpaired) electrons. The fraction of sp³-hybridized carbons (Fsp3) is 0.655. The number of fused-ring (bicyclic) bond motifs is 3. The van der Waals surface area contributed by atoms with Gasteiger partial charge in [-0.3, -0.25) is 9.69 Å². The number of carbonyl (C=O) groups excluding carboxylic acids is 2. The molecular formula is C29H37NO8. The van der Waals surface area contributed by atoms with Gasteiger partial charge >= 0.3 is 11.9 Å². The van der Waals surface area contributed by atoms with E-state index < -0.39 is 29.2 Å². The standard InChI is InChI=1S/C29H37NO8/c1-27(2)8-5-10-29(38-27,16-23(31)34-4)26(32)37-25-22(33-3)15-28-9-6-11-30(28)12-7-18-13-20-21(36-17-35-20)14-19(18)24(25)28/h13-15,24-25H,5-12,16-17H2,1-4H3/t24-,25?,28+,29+/m1/s1. The minimum atomic E-state index is -1.42. The molecule has 2 saturated heterocycles. The Bertz CT molecular complexity index is 1180. The topological polar surface area (TPSA) is 92.8 Å². The van der Waals surface area contributed by atoms with Gasteiger partial charge in [-0.05, 0) is 88.3 Å². The molecule has 4 heterocycles. The monoisotopic (exact) mass is 527 g/mol. The molecule has 2 fully saturated rings. The van der Waals surface area contributed by atoms with Crippen LogP contribution in [0.25, 0.3) is 0 Å². The largest absolute Gasteiger partial charge is 0.497 e. The van der Waals surface area contributed by atoms with Crippen LogP contribution in [0.2, 0.25) is 0 Å². The first-order chi connectivity index (χ1) is 18.2. The van der Waals surface area contributed by atoms with Crippen molar-refractivity contribution in [1.29, 1.82) is 0 Å². The summed E-state index contributed by atoms with van der Waals surface area (Å²) in [5.74, 6) is 0.852. The Kier molecular flexibility index (Phi) is 6.14. The maximum atomic E-state index is 14.1. The highest BCUT2D eigenvalue weighted by molar-refractivity contribution is 5.86. The summed E-state index contributed by atoms with van der Waals surface area (Å²) in [6, 6.07) is 4.13. The first-order valence-corrected chi connectivity index (χ1v) is 13.6. The van der Waals surface area contributed by atoms with Gasteiger partial charge < -0.3 is 28.4 Å². The summed E-state index contributed by atoms with van der Waals surface area (Å²) in [7, 11) is 2.95. The van der Waals surface area contributed by atoms with Crippen molar-refractivity contribution in [2.75, 3.05) is 34.1 Å². The predicted octanol–water partition coefficient (Wildman–Crippen LogP) is 3.63. The number of hydrogen-bond acceptors (Lipinski definition) is 9. The molecule has 4 atom stereocenters. The van der Waals surface area contributed by atoms with Crippen LogP contribution in [-0.2, 0) is 35.0 Å². The van der Waals surface area contributed by atoms with E-state index in [1.54, 1.807) is 7.11 Å². The zero-order valence-electron chi connectivity index (χ0n) is 22.7. The smallest absolute Gasteiger partial charge is 0.339 e. The molecule has 206 valence electrons. The van der Waals surface area contributed by atoms with Gasteiger partial charge in [-0.2, -0.15) is 0 Å². The second kappa shape index (κ2) is 9.16. The van der Waals surface area contributed by atoms with Crippen LogP contribution in [0.4, 0.5) is 0 Å². The molecule has 1 spiro atoms. The summed E-state index contributed by atoms with van der Waals surface area (Å²) >= 11 is 0. The van der Waals surface area contributed by atoms with Crippen LogP contribution in [-0.4, -0.2) is 73.8 Å². The van der Waals surface area contributed by atoms with Gasteiger partial charge in [0.05, 0.1) is 37.7 Å². The second-order valence-electron chi connectivity index (χ2n) is 11.8. The number of methoxy groups -OCH3 is 2. The lowest BCUT2D eigenvalue weighted by Gasteiger charge is -2.44. The Hall–Kier alpha value is -2.78. The number of carbonyl (C=O) groups is 2. The van der Waals surface area contributed by atoms with Crippen LogP contribution in [0.3, 0.4) is 0 Å². The van der Waals surface area contributed by atoms with E-state index in [-0.39, 0.29) is 24.7 Å². The van der Waals surface area contributed by atoms with Gasteiger partial charge in [0.25, 0.3) is 0 Å². The van der Waals surface area contributed by atoms with Crippen LogP contribution in [0.1, 0.15) is 69.4 Å². The second-order valence-corrected chi connectivity index (χ2v) is 11.8. The number of ether oxygens (including phenoxy) is 6. The Morgan fingerprint density at radius 2 is 1.84 bits per heavy atom. The van der Waals surface area contributed by atoms with Crippen molar-refractivity contribution in [1.82, 2.24) is 4.90 Å². The van der Waals surface area contributed by atoms with Crippen molar-refractivity contribution in [3.05, 3.63) is 35.1 Å². The number of nitrogens with zero attached hydrogens (tertiary/aromatic N) is 1. The number of benzene rings is 1. The van der Waals surface area contributed by atoms with Gasteiger partial charge in [-0.25, -0.2) is 4.79 Å². The molecule has 9 heteroatoms. The molecule has 4 aliphatic heterocycles. The van der Waals surface area contributed by atoms with E-state index in [4.69, 9.17) is 28.4 Å². The van der Waals surface area contributed by atoms with Crippen molar-refractivity contribution in [2.45, 2.75) is 87.6 Å². The first kappa shape index (κ1) is 25.5. The fourth-order valence-electron chi connectivity index (χ4n) is 7.39. The van der Waals surface area contributed by atoms with Crippen molar-refractivity contribution in [2.24, 2.45) is 0 Å². The molecule has 0 N–H and O–H groups in total. The lowest BCUT2D eigenvalue weighted by molar-refractivity contribution is -0.216. The van der Waals surface area contributed by atoms with Crippen LogP contribution in [0, 0.1) is 0 Å². The lowest BCUT2D eigenvalue weighted by Crippen LogP contribution is -2.54. The lowest BCUT2D eigenvalue weighted by atomic mass is 9.77. The molecule has 1 aliphatic carbocycles. The third-order valence-corrected chi connectivity index (χ3v) is 9.06. The Morgan fingerprint density at radius 3 is 2.58 bits per heavy atom. The van der Waals surface area contributed by atoms with Crippen molar-refractivity contribution in [3.8, 4) is 11.5 Å². The third-order valence-electron chi connectivity index (χ3n) is 9.06. The molecule has 6 rings (SSSR count). The maximum Gasteiger partial charge on any atom is 0.339 e. The molecule has 1 unspecified atom stereocenters. The molecule has 0 bridgehead atoms. The Balaban J connectivity index is 1.41. The highest BCUT2D eigenvalue weighted by Gasteiger charge is 2.60. The average Bonchev–Trinajstić information content (AvgIpc) is 3.57. The summed E-state index contributed by atoms with van der Waals surface area (Å²) in [5.41, 5.74) is -0.0682. The normalized spacial score (nSPS) is 32.9. The average molecular weight is 528 g/mol. The van der Waals surface area contributed by atoms with E-state index >= 15 is 0 Å². The van der Waals surface area contributed by atoms with Crippen LogP contribution >= 0.6 is 0 Å². The molecule has 0 amide bonds. The van der Waals surface area contributed by atoms with Gasteiger partial charge in [0.1, 0.15) is 5.76 Å². The highest BCUT2D eigenvalue weighted by atomic mass is 16.7. The number of esters is 2.